The molecule has 0 bridgehead atoms. The molecular weight excluding hydrogens is 196 g/mol. The summed E-state index contributed by atoms with van der Waals surface area (Å²) < 4.78 is 0. The van der Waals surface area contributed by atoms with E-state index in [1.165, 1.54) is 5.06 Å². The van der Waals surface area contributed by atoms with Gasteiger partial charge in [0.15, 0.2) is 0 Å². The van der Waals surface area contributed by atoms with Crippen LogP contribution in [0, 0.1) is 0 Å². The maximum absolute atomic E-state index is 9.71. The molecule has 0 atom stereocenters. The summed E-state index contributed by atoms with van der Waals surface area (Å²) in [6.45, 7) is 7.45. The lowest BCUT2D eigenvalue weighted by Crippen LogP contribution is -2.22. The maximum Gasteiger partial charge on any atom is 0.307 e. The monoisotopic (exact) mass is 216 g/mol. The molecule has 0 aromatic rings. The normalized spacial score (nSPS) is 17.8. The zero-order chi connectivity index (χ0) is 11.7. The first-order valence-electron chi connectivity index (χ1n) is 5.09. The molecule has 1 heterocycles. The number of carbonyl (C=O) groups is 1. The number of hydrogen-bond donors (Lipinski definition) is 2. The minimum Gasteiger partial charge on any atom is -0.481 e. The number of rotatable bonds is 3. The third-order valence-corrected chi connectivity index (χ3v) is 2.01. The molecule has 88 valence electrons. The molecule has 5 nitrogen and oxygen atoms in total. The largest absolute Gasteiger partial charge is 0.481 e. The van der Waals surface area contributed by atoms with E-state index < -0.39 is 5.97 Å². The summed E-state index contributed by atoms with van der Waals surface area (Å²) in [7, 11) is 0. The van der Waals surface area contributed by atoms with E-state index in [1.807, 2.05) is 0 Å². The quantitative estimate of drug-likeness (QED) is 0.689. The highest BCUT2D eigenvalue weighted by atomic mass is 16.5. The number of nitrogens with zero attached hydrogens (tertiary/aromatic N) is 2. The van der Waals surface area contributed by atoms with Gasteiger partial charge >= 0.3 is 5.97 Å². The van der Waals surface area contributed by atoms with Crippen LogP contribution in [0.15, 0.2) is 12.2 Å². The zero-order valence-electron chi connectivity index (χ0n) is 9.39. The lowest BCUT2D eigenvalue weighted by Gasteiger charge is -2.09. The molecule has 0 saturated carbocycles. The van der Waals surface area contributed by atoms with Crippen LogP contribution in [0.25, 0.3) is 0 Å². The van der Waals surface area contributed by atoms with Crippen LogP contribution in [0.5, 0.6) is 0 Å². The molecule has 1 aliphatic rings. The van der Waals surface area contributed by atoms with Gasteiger partial charge in [0.05, 0.1) is 13.1 Å². The van der Waals surface area contributed by atoms with Crippen LogP contribution in [0.4, 0.5) is 0 Å². The minimum absolute atomic E-state index is 0.135. The average molecular weight is 216 g/mol. The van der Waals surface area contributed by atoms with E-state index >= 15 is 0 Å². The number of likely N-dealkylation sites (N-methyl/N-ethyl adjacent to an activating group) is 1. The van der Waals surface area contributed by atoms with Crippen LogP contribution >= 0.6 is 0 Å². The van der Waals surface area contributed by atoms with Gasteiger partial charge in [-0.05, 0) is 13.5 Å². The SMILES string of the molecule is CC=CCC(=O)O.CCN1CCN(O)C1. The van der Waals surface area contributed by atoms with E-state index in [9.17, 15) is 4.79 Å². The summed E-state index contributed by atoms with van der Waals surface area (Å²) in [5.74, 6) is -0.780. The van der Waals surface area contributed by atoms with Gasteiger partial charge in [-0.1, -0.05) is 19.1 Å². The summed E-state index contributed by atoms with van der Waals surface area (Å²) in [6.07, 6.45) is 3.45. The number of allylic oxidation sites excluding steroid dienone is 1. The van der Waals surface area contributed by atoms with E-state index in [-0.39, 0.29) is 6.42 Å². The fourth-order valence-electron chi connectivity index (χ4n) is 1.11. The summed E-state index contributed by atoms with van der Waals surface area (Å²) in [5, 5.41) is 18.2. The van der Waals surface area contributed by atoms with E-state index in [0.717, 1.165) is 26.3 Å². The molecule has 1 saturated heterocycles. The van der Waals surface area contributed by atoms with Crippen molar-refractivity contribution in [2.75, 3.05) is 26.3 Å². The molecular formula is C10H20N2O3. The molecule has 5 heteroatoms. The molecule has 1 aliphatic heterocycles. The highest BCUT2D eigenvalue weighted by molar-refractivity contribution is 5.68. The number of hydrogen-bond acceptors (Lipinski definition) is 4. The lowest BCUT2D eigenvalue weighted by molar-refractivity contribution is -0.136. The first kappa shape index (κ1) is 14.1. The Hall–Kier alpha value is -0.910. The number of hydroxylamine groups is 2. The molecule has 0 radical (unpaired) electrons. The van der Waals surface area contributed by atoms with Crippen molar-refractivity contribution in [2.45, 2.75) is 20.3 Å². The van der Waals surface area contributed by atoms with Gasteiger partial charge in [0.25, 0.3) is 0 Å². The third-order valence-electron chi connectivity index (χ3n) is 2.01. The highest BCUT2D eigenvalue weighted by Crippen LogP contribution is 1.98. The van der Waals surface area contributed by atoms with Crippen molar-refractivity contribution >= 4 is 5.97 Å². The van der Waals surface area contributed by atoms with Crippen molar-refractivity contribution in [1.29, 1.82) is 0 Å². The van der Waals surface area contributed by atoms with Crippen LogP contribution in [0.3, 0.4) is 0 Å². The second-order valence-electron chi connectivity index (χ2n) is 3.25. The van der Waals surface area contributed by atoms with Crippen LogP contribution in [-0.4, -0.2) is 52.5 Å². The van der Waals surface area contributed by atoms with Crippen molar-refractivity contribution in [3.63, 3.8) is 0 Å². The Morgan fingerprint density at radius 3 is 2.33 bits per heavy atom. The third kappa shape index (κ3) is 8.11. The van der Waals surface area contributed by atoms with Gasteiger partial charge in [0.2, 0.25) is 0 Å². The zero-order valence-corrected chi connectivity index (χ0v) is 9.39. The van der Waals surface area contributed by atoms with Gasteiger partial charge in [-0.25, -0.2) is 0 Å². The Labute approximate surface area is 90.6 Å². The smallest absolute Gasteiger partial charge is 0.307 e. The van der Waals surface area contributed by atoms with Gasteiger partial charge < -0.3 is 10.3 Å². The topological polar surface area (TPSA) is 64.0 Å². The van der Waals surface area contributed by atoms with E-state index in [0.29, 0.717) is 0 Å². The standard InChI is InChI=1S/C5H12N2O.C5H8O2/c1-2-6-3-4-7(8)5-6;1-2-3-4-5(6)7/h8H,2-5H2,1H3;2-3H,4H2,1H3,(H,6,7). The van der Waals surface area contributed by atoms with Crippen LogP contribution in [0.2, 0.25) is 0 Å². The molecule has 0 aliphatic carbocycles. The van der Waals surface area contributed by atoms with Gasteiger partial charge in [-0.3, -0.25) is 9.69 Å². The predicted octanol–water partition coefficient (Wildman–Crippen LogP) is 1.01. The first-order valence-corrected chi connectivity index (χ1v) is 5.09. The lowest BCUT2D eigenvalue weighted by atomic mass is 10.4. The van der Waals surface area contributed by atoms with Crippen LogP contribution in [-0.2, 0) is 4.79 Å². The van der Waals surface area contributed by atoms with Crippen LogP contribution < -0.4 is 0 Å². The maximum atomic E-state index is 9.71. The molecule has 0 aromatic carbocycles. The highest BCUT2D eigenvalue weighted by Gasteiger charge is 2.14. The van der Waals surface area contributed by atoms with Gasteiger partial charge in [0.1, 0.15) is 0 Å². The fraction of sp³-hybridized carbons (Fsp3) is 0.700. The predicted molar refractivity (Wildman–Crippen MR) is 57.7 cm³/mol. The molecule has 2 N–H and O–H groups in total. The van der Waals surface area contributed by atoms with Gasteiger partial charge in [0, 0.05) is 13.1 Å². The van der Waals surface area contributed by atoms with E-state index in [2.05, 4.69) is 11.8 Å². The Morgan fingerprint density at radius 1 is 1.47 bits per heavy atom. The average Bonchev–Trinajstić information content (AvgIpc) is 2.62. The fourth-order valence-corrected chi connectivity index (χ4v) is 1.11. The number of carboxylic acid groups (broad SMARTS) is 1. The molecule has 15 heavy (non-hydrogen) atoms. The summed E-state index contributed by atoms with van der Waals surface area (Å²) in [6, 6.07) is 0. The summed E-state index contributed by atoms with van der Waals surface area (Å²) in [4.78, 5) is 11.9. The molecule has 0 spiro atoms. The Bertz CT molecular complexity index is 207. The minimum atomic E-state index is -0.780. The second kappa shape index (κ2) is 8.40. The molecule has 1 rings (SSSR count). The Kier molecular flexibility index (Phi) is 7.89. The van der Waals surface area contributed by atoms with E-state index in [4.69, 9.17) is 10.3 Å². The first-order chi connectivity index (χ1) is 7.10. The number of aliphatic carboxylic acids is 1. The molecule has 0 amide bonds. The Balaban J connectivity index is 0.000000265. The van der Waals surface area contributed by atoms with Gasteiger partial charge in [-0.2, -0.15) is 5.06 Å². The van der Waals surface area contributed by atoms with Crippen molar-refractivity contribution in [2.24, 2.45) is 0 Å². The summed E-state index contributed by atoms with van der Waals surface area (Å²) >= 11 is 0. The molecule has 0 unspecified atom stereocenters. The van der Waals surface area contributed by atoms with Crippen molar-refractivity contribution in [3.8, 4) is 0 Å². The molecule has 0 aromatic heterocycles. The summed E-state index contributed by atoms with van der Waals surface area (Å²) in [5.41, 5.74) is 0. The Morgan fingerprint density at radius 2 is 2.13 bits per heavy atom. The van der Waals surface area contributed by atoms with E-state index in [1.54, 1.807) is 19.1 Å². The molecule has 1 fully saturated rings. The van der Waals surface area contributed by atoms with Crippen molar-refractivity contribution in [1.82, 2.24) is 9.96 Å². The van der Waals surface area contributed by atoms with Crippen LogP contribution in [0.1, 0.15) is 20.3 Å². The second-order valence-corrected chi connectivity index (χ2v) is 3.25. The van der Waals surface area contributed by atoms with Crippen molar-refractivity contribution in [3.05, 3.63) is 12.2 Å². The number of carboxylic acids is 1. The van der Waals surface area contributed by atoms with Crippen molar-refractivity contribution < 1.29 is 15.1 Å². The van der Waals surface area contributed by atoms with Gasteiger partial charge in [-0.15, -0.1) is 0 Å².